The van der Waals surface area contributed by atoms with Gasteiger partial charge in [-0.25, -0.2) is 0 Å². The molecule has 8 heteroatoms. The molecule has 2 saturated heterocycles. The number of para-hydroxylation sites is 1. The van der Waals surface area contributed by atoms with Gasteiger partial charge in [0.25, 0.3) is 0 Å². The van der Waals surface area contributed by atoms with Crippen LogP contribution in [-0.4, -0.2) is 58.7 Å². The van der Waals surface area contributed by atoms with Gasteiger partial charge >= 0.3 is 5.97 Å². The summed E-state index contributed by atoms with van der Waals surface area (Å²) in [5, 5.41) is 22.9. The first-order chi connectivity index (χ1) is 14.9. The number of amides is 2. The summed E-state index contributed by atoms with van der Waals surface area (Å²) >= 11 is 0. The maximum absolute atomic E-state index is 13.4. The van der Waals surface area contributed by atoms with Crippen molar-refractivity contribution in [2.45, 2.75) is 18.0 Å². The number of carboxylic acid groups (broad SMARTS) is 1. The highest BCUT2D eigenvalue weighted by Crippen LogP contribution is 2.50. The highest BCUT2D eigenvalue weighted by molar-refractivity contribution is 6.09. The summed E-state index contributed by atoms with van der Waals surface area (Å²) in [7, 11) is 1.48. The molecule has 2 aromatic carbocycles. The maximum Gasteiger partial charge on any atom is 0.327 e. The molecule has 4 rings (SSSR count). The van der Waals surface area contributed by atoms with Crippen LogP contribution in [0.15, 0.2) is 54.6 Å². The predicted octanol–water partition coefficient (Wildman–Crippen LogP) is 0.999. The molecule has 162 valence electrons. The van der Waals surface area contributed by atoms with Gasteiger partial charge in [-0.15, -0.1) is 0 Å². The highest BCUT2D eigenvalue weighted by Gasteiger charge is 2.68. The van der Waals surface area contributed by atoms with Crippen molar-refractivity contribution in [2.75, 3.05) is 20.3 Å². The molecule has 2 aliphatic rings. The molecule has 0 aromatic heterocycles. The Hall–Kier alpha value is -3.23. The van der Waals surface area contributed by atoms with Gasteiger partial charge in [0.1, 0.15) is 5.75 Å². The number of methoxy groups -OCH3 is 1. The summed E-state index contributed by atoms with van der Waals surface area (Å²) in [6.45, 7) is -0.671. The van der Waals surface area contributed by atoms with Crippen LogP contribution < -0.4 is 10.1 Å². The van der Waals surface area contributed by atoms with Crippen molar-refractivity contribution in [1.29, 1.82) is 0 Å². The molecule has 3 N–H and O–H groups in total. The van der Waals surface area contributed by atoms with Crippen LogP contribution in [-0.2, 0) is 20.8 Å². The lowest BCUT2D eigenvalue weighted by molar-refractivity contribution is -0.153. The molecule has 8 nitrogen and oxygen atoms in total. The van der Waals surface area contributed by atoms with E-state index in [1.54, 1.807) is 24.3 Å². The lowest BCUT2D eigenvalue weighted by atomic mass is 9.79. The fourth-order valence-corrected chi connectivity index (χ4v) is 4.77. The molecule has 4 unspecified atom stereocenters. The van der Waals surface area contributed by atoms with Gasteiger partial charge in [-0.2, -0.15) is 0 Å². The lowest BCUT2D eigenvalue weighted by Crippen LogP contribution is -2.58. The second-order valence-corrected chi connectivity index (χ2v) is 7.87. The van der Waals surface area contributed by atoms with Crippen LogP contribution in [0.1, 0.15) is 17.2 Å². The van der Waals surface area contributed by atoms with Crippen LogP contribution in [0, 0.1) is 11.8 Å². The van der Waals surface area contributed by atoms with Gasteiger partial charge in [0, 0.05) is 18.2 Å². The standard InChI is InChI=1S/C23H24N2O6/c1-31-16-10-6-5-9-15(16)19-17-18(23(13-26,24-19)22(29)30)21(28)25(20(17)27)12-11-14-7-3-2-4-8-14/h2-10,17-19,24,26H,11-13H2,1H3,(H,29,30). The topological polar surface area (TPSA) is 116 Å². The normalized spacial score (nSPS) is 27.4. The minimum atomic E-state index is -1.95. The fourth-order valence-electron chi connectivity index (χ4n) is 4.77. The van der Waals surface area contributed by atoms with Crippen LogP contribution in [0.25, 0.3) is 0 Å². The Bertz CT molecular complexity index is 1010. The molecule has 31 heavy (non-hydrogen) atoms. The minimum Gasteiger partial charge on any atom is -0.496 e. The van der Waals surface area contributed by atoms with E-state index in [2.05, 4.69) is 5.32 Å². The molecule has 0 spiro atoms. The Labute approximate surface area is 179 Å². The summed E-state index contributed by atoms with van der Waals surface area (Å²) in [4.78, 5) is 40.0. The van der Waals surface area contributed by atoms with Gasteiger partial charge in [-0.1, -0.05) is 48.5 Å². The number of likely N-dealkylation sites (tertiary alicyclic amines) is 1. The van der Waals surface area contributed by atoms with Crippen LogP contribution in [0.4, 0.5) is 0 Å². The molecule has 0 saturated carbocycles. The zero-order chi connectivity index (χ0) is 22.2. The molecule has 0 bridgehead atoms. The number of fused-ring (bicyclic) bond motifs is 1. The SMILES string of the molecule is COc1ccccc1C1NC(CO)(C(=O)O)C2C(=O)N(CCc3ccccc3)C(=O)C12. The number of imide groups is 1. The van der Waals surface area contributed by atoms with E-state index in [9.17, 15) is 24.6 Å². The summed E-state index contributed by atoms with van der Waals surface area (Å²) < 4.78 is 5.40. The van der Waals surface area contributed by atoms with E-state index < -0.39 is 47.8 Å². The van der Waals surface area contributed by atoms with E-state index in [1.807, 2.05) is 30.3 Å². The summed E-state index contributed by atoms with van der Waals surface area (Å²) in [6, 6.07) is 15.6. The van der Waals surface area contributed by atoms with E-state index in [-0.39, 0.29) is 6.54 Å². The first-order valence-electron chi connectivity index (χ1n) is 10.1. The number of nitrogens with one attached hydrogen (secondary N) is 1. The predicted molar refractivity (Wildman–Crippen MR) is 110 cm³/mol. The number of nitrogens with zero attached hydrogens (tertiary/aromatic N) is 1. The van der Waals surface area contributed by atoms with E-state index in [0.29, 0.717) is 17.7 Å². The monoisotopic (exact) mass is 424 g/mol. The van der Waals surface area contributed by atoms with Crippen molar-refractivity contribution in [2.24, 2.45) is 11.8 Å². The number of ether oxygens (including phenoxy) is 1. The third-order valence-corrected chi connectivity index (χ3v) is 6.32. The molecular formula is C23H24N2O6. The minimum absolute atomic E-state index is 0.147. The number of aliphatic hydroxyl groups excluding tert-OH is 1. The van der Waals surface area contributed by atoms with Crippen molar-refractivity contribution in [3.8, 4) is 5.75 Å². The van der Waals surface area contributed by atoms with E-state index in [0.717, 1.165) is 10.5 Å². The number of benzene rings is 2. The lowest BCUT2D eigenvalue weighted by Gasteiger charge is -2.29. The van der Waals surface area contributed by atoms with Crippen LogP contribution in [0.5, 0.6) is 5.75 Å². The zero-order valence-electron chi connectivity index (χ0n) is 17.0. The molecule has 2 aliphatic heterocycles. The summed E-state index contributed by atoms with van der Waals surface area (Å²) in [5.74, 6) is -4.08. The molecule has 2 heterocycles. The van der Waals surface area contributed by atoms with E-state index in [4.69, 9.17) is 4.74 Å². The number of carbonyl (C=O) groups is 3. The molecule has 2 fully saturated rings. The number of rotatable bonds is 7. The number of aliphatic hydroxyl groups is 1. The summed E-state index contributed by atoms with van der Waals surface area (Å²) in [6.07, 6.45) is 0.462. The first-order valence-corrected chi connectivity index (χ1v) is 10.1. The van der Waals surface area contributed by atoms with E-state index in [1.165, 1.54) is 7.11 Å². The third-order valence-electron chi connectivity index (χ3n) is 6.32. The number of aliphatic carboxylic acids is 1. The smallest absolute Gasteiger partial charge is 0.327 e. The number of carbonyl (C=O) groups excluding carboxylic acids is 2. The molecule has 0 radical (unpaired) electrons. The number of carboxylic acids is 1. The Balaban J connectivity index is 1.72. The van der Waals surface area contributed by atoms with Gasteiger partial charge in [0.2, 0.25) is 11.8 Å². The third kappa shape index (κ3) is 3.28. The van der Waals surface area contributed by atoms with Crippen molar-refractivity contribution in [1.82, 2.24) is 10.2 Å². The van der Waals surface area contributed by atoms with Crippen LogP contribution >= 0.6 is 0 Å². The first kappa shape index (κ1) is 21.0. The Morgan fingerprint density at radius 1 is 1.10 bits per heavy atom. The largest absolute Gasteiger partial charge is 0.496 e. The van der Waals surface area contributed by atoms with Gasteiger partial charge in [-0.05, 0) is 18.1 Å². The molecule has 4 atom stereocenters. The Morgan fingerprint density at radius 3 is 2.42 bits per heavy atom. The van der Waals surface area contributed by atoms with Gasteiger partial charge in [-0.3, -0.25) is 24.6 Å². The average Bonchev–Trinajstić information content (AvgIpc) is 3.27. The Morgan fingerprint density at radius 2 is 1.77 bits per heavy atom. The average molecular weight is 424 g/mol. The molecule has 0 aliphatic carbocycles. The molecule has 2 aromatic rings. The second kappa shape index (κ2) is 8.13. The van der Waals surface area contributed by atoms with Crippen molar-refractivity contribution >= 4 is 17.8 Å². The fraction of sp³-hybridized carbons (Fsp3) is 0.348. The van der Waals surface area contributed by atoms with Crippen LogP contribution in [0.3, 0.4) is 0 Å². The maximum atomic E-state index is 13.4. The highest BCUT2D eigenvalue weighted by atomic mass is 16.5. The molecular weight excluding hydrogens is 400 g/mol. The van der Waals surface area contributed by atoms with Gasteiger partial charge in [0.05, 0.1) is 25.6 Å². The second-order valence-electron chi connectivity index (χ2n) is 7.87. The quantitative estimate of drug-likeness (QED) is 0.568. The Kier molecular flexibility index (Phi) is 5.51. The molecule has 2 amide bonds. The van der Waals surface area contributed by atoms with Crippen molar-refractivity contribution < 1.29 is 29.3 Å². The van der Waals surface area contributed by atoms with Crippen molar-refractivity contribution in [3.05, 3.63) is 65.7 Å². The zero-order valence-corrected chi connectivity index (χ0v) is 17.0. The van der Waals surface area contributed by atoms with Gasteiger partial charge in [0.15, 0.2) is 5.54 Å². The van der Waals surface area contributed by atoms with Crippen LogP contribution in [0.2, 0.25) is 0 Å². The van der Waals surface area contributed by atoms with E-state index >= 15 is 0 Å². The number of hydrogen-bond acceptors (Lipinski definition) is 6. The number of hydrogen-bond donors (Lipinski definition) is 3. The summed E-state index contributed by atoms with van der Waals surface area (Å²) in [5.41, 5.74) is -0.418. The van der Waals surface area contributed by atoms with Crippen molar-refractivity contribution in [3.63, 3.8) is 0 Å². The van der Waals surface area contributed by atoms with Gasteiger partial charge < -0.3 is 14.9 Å².